The van der Waals surface area contributed by atoms with E-state index in [-0.39, 0.29) is 4.90 Å². The number of benzene rings is 1. The summed E-state index contributed by atoms with van der Waals surface area (Å²) in [7, 11) is -3.58. The molecule has 0 atom stereocenters. The van der Waals surface area contributed by atoms with Crippen molar-refractivity contribution in [2.24, 2.45) is 5.10 Å². The van der Waals surface area contributed by atoms with Gasteiger partial charge in [0.2, 0.25) is 0 Å². The van der Waals surface area contributed by atoms with E-state index in [0.29, 0.717) is 0 Å². The molecule has 1 heterocycles. The van der Waals surface area contributed by atoms with Crippen molar-refractivity contribution in [1.82, 2.24) is 4.83 Å². The van der Waals surface area contributed by atoms with E-state index >= 15 is 0 Å². The third-order valence-corrected chi connectivity index (χ3v) is 4.81. The molecule has 18 heavy (non-hydrogen) atoms. The quantitative estimate of drug-likeness (QED) is 0.684. The van der Waals surface area contributed by atoms with E-state index in [2.05, 4.69) is 25.9 Å². The maximum absolute atomic E-state index is 11.8. The Bertz CT molecular complexity index is 651. The van der Waals surface area contributed by atoms with Crippen molar-refractivity contribution in [3.05, 3.63) is 51.1 Å². The van der Waals surface area contributed by atoms with Gasteiger partial charge in [-0.05, 0) is 40.2 Å². The number of thiophene rings is 1. The zero-order valence-electron chi connectivity index (χ0n) is 9.08. The van der Waals surface area contributed by atoms with Crippen molar-refractivity contribution in [2.75, 3.05) is 0 Å². The molecule has 2 rings (SSSR count). The SMILES string of the molecule is O=S(=O)(NN=Cc1ccc(Br)s1)c1ccccc1. The monoisotopic (exact) mass is 344 g/mol. The Labute approximate surface area is 118 Å². The van der Waals surface area contributed by atoms with Crippen LogP contribution in [0.1, 0.15) is 4.88 Å². The van der Waals surface area contributed by atoms with Gasteiger partial charge in [-0.15, -0.1) is 11.3 Å². The Balaban J connectivity index is 2.08. The molecule has 1 aromatic carbocycles. The summed E-state index contributed by atoms with van der Waals surface area (Å²) in [4.78, 5) is 3.21. The van der Waals surface area contributed by atoms with Gasteiger partial charge in [-0.25, -0.2) is 4.83 Å². The van der Waals surface area contributed by atoms with Gasteiger partial charge in [-0.2, -0.15) is 13.5 Å². The van der Waals surface area contributed by atoms with Gasteiger partial charge in [-0.3, -0.25) is 0 Å². The van der Waals surface area contributed by atoms with Gasteiger partial charge < -0.3 is 0 Å². The van der Waals surface area contributed by atoms with Gasteiger partial charge in [-0.1, -0.05) is 18.2 Å². The highest BCUT2D eigenvalue weighted by Crippen LogP contribution is 2.20. The fourth-order valence-electron chi connectivity index (χ4n) is 1.21. The molecule has 1 N–H and O–H groups in total. The molecule has 0 aliphatic carbocycles. The molecule has 0 unspecified atom stereocenters. The minimum atomic E-state index is -3.58. The summed E-state index contributed by atoms with van der Waals surface area (Å²) in [6, 6.07) is 11.8. The molecule has 0 aliphatic heterocycles. The van der Waals surface area contributed by atoms with E-state index < -0.39 is 10.0 Å². The van der Waals surface area contributed by atoms with Crippen LogP contribution in [0.3, 0.4) is 0 Å². The molecular weight excluding hydrogens is 336 g/mol. The summed E-state index contributed by atoms with van der Waals surface area (Å²) >= 11 is 4.79. The molecule has 0 radical (unpaired) electrons. The van der Waals surface area contributed by atoms with Crippen LogP contribution in [-0.2, 0) is 10.0 Å². The Hall–Kier alpha value is -1.18. The molecule has 0 amide bonds. The second kappa shape index (κ2) is 5.64. The predicted octanol–water partition coefficient (Wildman–Crippen LogP) is 2.82. The highest BCUT2D eigenvalue weighted by Gasteiger charge is 2.10. The molecule has 4 nitrogen and oxygen atoms in total. The second-order valence-electron chi connectivity index (χ2n) is 3.31. The van der Waals surface area contributed by atoms with Crippen molar-refractivity contribution in [1.29, 1.82) is 0 Å². The molecule has 2 aromatic rings. The Morgan fingerprint density at radius 1 is 1.17 bits per heavy atom. The van der Waals surface area contributed by atoms with Gasteiger partial charge in [0.1, 0.15) is 0 Å². The first-order chi connectivity index (χ1) is 8.58. The molecule has 0 saturated heterocycles. The van der Waals surface area contributed by atoms with E-state index in [1.165, 1.54) is 29.7 Å². The maximum atomic E-state index is 11.8. The number of hydrazone groups is 1. The van der Waals surface area contributed by atoms with Crippen molar-refractivity contribution in [2.45, 2.75) is 4.90 Å². The first-order valence-corrected chi connectivity index (χ1v) is 8.02. The molecule has 0 spiro atoms. The van der Waals surface area contributed by atoms with Crippen LogP contribution in [0.15, 0.2) is 56.2 Å². The Kier molecular flexibility index (Phi) is 4.15. The highest BCUT2D eigenvalue weighted by atomic mass is 79.9. The lowest BCUT2D eigenvalue weighted by molar-refractivity contribution is 0.584. The van der Waals surface area contributed by atoms with E-state index in [9.17, 15) is 8.42 Å². The first-order valence-electron chi connectivity index (χ1n) is 4.93. The molecule has 0 fully saturated rings. The fourth-order valence-corrected chi connectivity index (χ4v) is 3.32. The van der Waals surface area contributed by atoms with Crippen LogP contribution in [0.2, 0.25) is 0 Å². The fraction of sp³-hybridized carbons (Fsp3) is 0. The number of halogens is 1. The topological polar surface area (TPSA) is 58.5 Å². The minimum Gasteiger partial charge on any atom is -0.200 e. The molecule has 0 saturated carbocycles. The lowest BCUT2D eigenvalue weighted by atomic mass is 10.4. The molecular formula is C11H9BrN2O2S2. The standard InChI is InChI=1S/C11H9BrN2O2S2/c12-11-7-6-9(17-11)8-13-14-18(15,16)10-4-2-1-3-5-10/h1-8,14H. The summed E-state index contributed by atoms with van der Waals surface area (Å²) in [6.07, 6.45) is 1.47. The van der Waals surface area contributed by atoms with Crippen LogP contribution in [0.4, 0.5) is 0 Å². The Morgan fingerprint density at radius 3 is 2.50 bits per heavy atom. The van der Waals surface area contributed by atoms with Gasteiger partial charge in [0.25, 0.3) is 10.0 Å². The van der Waals surface area contributed by atoms with E-state index in [0.717, 1.165) is 8.66 Å². The number of hydrogen-bond acceptors (Lipinski definition) is 4. The van der Waals surface area contributed by atoms with Crippen LogP contribution in [0.5, 0.6) is 0 Å². The lowest BCUT2D eigenvalue weighted by Crippen LogP contribution is -2.18. The van der Waals surface area contributed by atoms with Crippen molar-refractivity contribution in [3.63, 3.8) is 0 Å². The molecule has 94 valence electrons. The van der Waals surface area contributed by atoms with Gasteiger partial charge in [0.15, 0.2) is 0 Å². The number of hydrogen-bond donors (Lipinski definition) is 1. The maximum Gasteiger partial charge on any atom is 0.276 e. The smallest absolute Gasteiger partial charge is 0.200 e. The normalized spacial score (nSPS) is 11.8. The van der Waals surface area contributed by atoms with E-state index in [1.54, 1.807) is 18.2 Å². The number of nitrogens with zero attached hydrogens (tertiary/aromatic N) is 1. The molecule has 0 bridgehead atoms. The van der Waals surface area contributed by atoms with Crippen molar-refractivity contribution < 1.29 is 8.42 Å². The summed E-state index contributed by atoms with van der Waals surface area (Å²) in [5, 5.41) is 3.73. The van der Waals surface area contributed by atoms with Crippen LogP contribution in [-0.4, -0.2) is 14.6 Å². The predicted molar refractivity (Wildman–Crippen MR) is 76.4 cm³/mol. The zero-order valence-corrected chi connectivity index (χ0v) is 12.3. The number of rotatable bonds is 4. The minimum absolute atomic E-state index is 0.189. The molecule has 0 aliphatic rings. The van der Waals surface area contributed by atoms with Crippen molar-refractivity contribution >= 4 is 43.5 Å². The van der Waals surface area contributed by atoms with Crippen LogP contribution in [0, 0.1) is 0 Å². The number of nitrogens with one attached hydrogen (secondary N) is 1. The van der Waals surface area contributed by atoms with Crippen molar-refractivity contribution in [3.8, 4) is 0 Å². The van der Waals surface area contributed by atoms with E-state index in [4.69, 9.17) is 0 Å². The third-order valence-electron chi connectivity index (χ3n) is 2.01. The van der Waals surface area contributed by atoms with Crippen LogP contribution >= 0.6 is 27.3 Å². The summed E-state index contributed by atoms with van der Waals surface area (Å²) in [6.45, 7) is 0. The largest absolute Gasteiger partial charge is 0.276 e. The van der Waals surface area contributed by atoms with E-state index in [1.807, 2.05) is 12.1 Å². The number of sulfonamides is 1. The highest BCUT2D eigenvalue weighted by molar-refractivity contribution is 9.11. The Morgan fingerprint density at radius 2 is 1.89 bits per heavy atom. The lowest BCUT2D eigenvalue weighted by Gasteiger charge is -2.01. The average molecular weight is 345 g/mol. The summed E-state index contributed by atoms with van der Waals surface area (Å²) < 4.78 is 24.6. The molecule has 7 heteroatoms. The van der Waals surface area contributed by atoms with Crippen LogP contribution in [0.25, 0.3) is 0 Å². The summed E-state index contributed by atoms with van der Waals surface area (Å²) in [5.74, 6) is 0. The zero-order chi connectivity index (χ0) is 13.0. The van der Waals surface area contributed by atoms with Gasteiger partial charge in [0.05, 0.1) is 14.9 Å². The van der Waals surface area contributed by atoms with Gasteiger partial charge in [0, 0.05) is 4.88 Å². The third kappa shape index (κ3) is 3.41. The average Bonchev–Trinajstić information content (AvgIpc) is 2.76. The molecule has 1 aromatic heterocycles. The summed E-state index contributed by atoms with van der Waals surface area (Å²) in [5.41, 5.74) is 0. The van der Waals surface area contributed by atoms with Crippen LogP contribution < -0.4 is 4.83 Å². The first kappa shape index (κ1) is 13.3. The second-order valence-corrected chi connectivity index (χ2v) is 7.46. The van der Waals surface area contributed by atoms with Gasteiger partial charge >= 0.3 is 0 Å².